The molecular weight excluding hydrogens is 358 g/mol. The van der Waals surface area contributed by atoms with Gasteiger partial charge in [0.05, 0.1) is 16.3 Å². The number of aromatic nitrogens is 2. The third-order valence-electron chi connectivity index (χ3n) is 4.60. The number of hydrogen-bond donors (Lipinski definition) is 1. The molecule has 0 spiro atoms. The molecule has 0 bridgehead atoms. The van der Waals surface area contributed by atoms with Gasteiger partial charge in [-0.3, -0.25) is 4.72 Å². The molecule has 2 heterocycles. The average Bonchev–Trinajstić information content (AvgIpc) is 3.08. The Bertz CT molecular complexity index is 1210. The van der Waals surface area contributed by atoms with Gasteiger partial charge in [0.1, 0.15) is 5.65 Å². The smallest absolute Gasteiger partial charge is 0.261 e. The standard InChI is InChI=1S/C21H19N3O2S/c1-15-10-11-17(13-16(15)2)27(25,26)23-19-8-4-3-7-18(19)20-14-24-12-6-5-9-21(24)22-20/h3-14,23H,1-2H3. The summed E-state index contributed by atoms with van der Waals surface area (Å²) in [7, 11) is -3.70. The van der Waals surface area contributed by atoms with E-state index in [4.69, 9.17) is 0 Å². The number of sulfonamides is 1. The van der Waals surface area contributed by atoms with Crippen LogP contribution in [0.25, 0.3) is 16.9 Å². The third kappa shape index (κ3) is 3.31. The van der Waals surface area contributed by atoms with Gasteiger partial charge in [0.2, 0.25) is 0 Å². The van der Waals surface area contributed by atoms with E-state index in [0.29, 0.717) is 11.4 Å². The van der Waals surface area contributed by atoms with Crippen molar-refractivity contribution in [2.45, 2.75) is 18.7 Å². The van der Waals surface area contributed by atoms with E-state index in [1.165, 1.54) is 0 Å². The molecule has 0 aliphatic carbocycles. The predicted molar refractivity (Wildman–Crippen MR) is 107 cm³/mol. The van der Waals surface area contributed by atoms with Crippen molar-refractivity contribution in [3.05, 3.63) is 84.2 Å². The molecule has 0 atom stereocenters. The highest BCUT2D eigenvalue weighted by Gasteiger charge is 2.18. The third-order valence-corrected chi connectivity index (χ3v) is 5.96. The number of para-hydroxylation sites is 1. The van der Waals surface area contributed by atoms with Gasteiger partial charge < -0.3 is 4.40 Å². The number of pyridine rings is 1. The number of nitrogens with one attached hydrogen (secondary N) is 1. The summed E-state index contributed by atoms with van der Waals surface area (Å²) in [5, 5.41) is 0. The number of fused-ring (bicyclic) bond motifs is 1. The van der Waals surface area contributed by atoms with Gasteiger partial charge in [-0.25, -0.2) is 13.4 Å². The predicted octanol–water partition coefficient (Wildman–Crippen LogP) is 4.42. The zero-order valence-electron chi connectivity index (χ0n) is 15.0. The molecule has 0 unspecified atom stereocenters. The van der Waals surface area contributed by atoms with E-state index < -0.39 is 10.0 Å². The summed E-state index contributed by atoms with van der Waals surface area (Å²) < 4.78 is 30.4. The van der Waals surface area contributed by atoms with Gasteiger partial charge in [-0.15, -0.1) is 0 Å². The Labute approximate surface area is 158 Å². The Balaban J connectivity index is 1.75. The normalized spacial score (nSPS) is 11.6. The number of hydrogen-bond acceptors (Lipinski definition) is 3. The summed E-state index contributed by atoms with van der Waals surface area (Å²) in [5.41, 5.74) is 4.73. The van der Waals surface area contributed by atoms with Gasteiger partial charge >= 0.3 is 0 Å². The van der Waals surface area contributed by atoms with Gasteiger partial charge in [-0.05, 0) is 55.3 Å². The van der Waals surface area contributed by atoms with Crippen molar-refractivity contribution in [1.82, 2.24) is 9.38 Å². The molecule has 4 rings (SSSR count). The highest BCUT2D eigenvalue weighted by Crippen LogP contribution is 2.29. The largest absolute Gasteiger partial charge is 0.306 e. The van der Waals surface area contributed by atoms with Crippen LogP contribution in [0, 0.1) is 13.8 Å². The molecule has 5 nitrogen and oxygen atoms in total. The maximum absolute atomic E-state index is 12.9. The molecule has 136 valence electrons. The Morgan fingerprint density at radius 2 is 1.70 bits per heavy atom. The molecule has 4 aromatic rings. The van der Waals surface area contributed by atoms with Crippen molar-refractivity contribution < 1.29 is 8.42 Å². The summed E-state index contributed by atoms with van der Waals surface area (Å²) in [6.45, 7) is 3.86. The zero-order valence-corrected chi connectivity index (χ0v) is 15.9. The second-order valence-corrected chi connectivity index (χ2v) is 8.17. The molecule has 27 heavy (non-hydrogen) atoms. The summed E-state index contributed by atoms with van der Waals surface area (Å²) in [6, 6.07) is 18.2. The lowest BCUT2D eigenvalue weighted by molar-refractivity contribution is 0.601. The van der Waals surface area contributed by atoms with Crippen LogP contribution in [0.5, 0.6) is 0 Å². The molecule has 0 amide bonds. The van der Waals surface area contributed by atoms with Crippen molar-refractivity contribution in [3.63, 3.8) is 0 Å². The van der Waals surface area contributed by atoms with Gasteiger partial charge in [0.15, 0.2) is 0 Å². The minimum absolute atomic E-state index is 0.246. The minimum Gasteiger partial charge on any atom is -0.306 e. The van der Waals surface area contributed by atoms with Crippen molar-refractivity contribution in [1.29, 1.82) is 0 Å². The maximum Gasteiger partial charge on any atom is 0.261 e. The lowest BCUT2D eigenvalue weighted by atomic mass is 10.1. The Morgan fingerprint density at radius 3 is 2.48 bits per heavy atom. The lowest BCUT2D eigenvalue weighted by Gasteiger charge is -2.12. The van der Waals surface area contributed by atoms with Crippen molar-refractivity contribution in [2.24, 2.45) is 0 Å². The fraction of sp³-hybridized carbons (Fsp3) is 0.0952. The summed E-state index contributed by atoms with van der Waals surface area (Å²) in [5.74, 6) is 0. The van der Waals surface area contributed by atoms with Crippen LogP contribution in [0.2, 0.25) is 0 Å². The van der Waals surface area contributed by atoms with Crippen LogP contribution in [-0.2, 0) is 10.0 Å². The summed E-state index contributed by atoms with van der Waals surface area (Å²) in [6.07, 6.45) is 3.80. The first kappa shape index (κ1) is 17.3. The quantitative estimate of drug-likeness (QED) is 0.573. The van der Waals surface area contributed by atoms with Crippen molar-refractivity contribution >= 4 is 21.4 Å². The topological polar surface area (TPSA) is 63.5 Å². The van der Waals surface area contributed by atoms with Crippen LogP contribution in [0.4, 0.5) is 5.69 Å². The summed E-state index contributed by atoms with van der Waals surface area (Å²) in [4.78, 5) is 4.85. The Kier molecular flexibility index (Phi) is 4.20. The van der Waals surface area contributed by atoms with Crippen LogP contribution in [0.3, 0.4) is 0 Å². The van der Waals surface area contributed by atoms with Gasteiger partial charge in [-0.2, -0.15) is 0 Å². The lowest BCUT2D eigenvalue weighted by Crippen LogP contribution is -2.14. The monoisotopic (exact) mass is 377 g/mol. The maximum atomic E-state index is 12.9. The first-order valence-corrected chi connectivity index (χ1v) is 10.1. The van der Waals surface area contributed by atoms with Crippen LogP contribution in [0.1, 0.15) is 11.1 Å². The molecule has 0 aliphatic rings. The minimum atomic E-state index is -3.70. The van der Waals surface area contributed by atoms with E-state index in [2.05, 4.69) is 9.71 Å². The number of anilines is 1. The van der Waals surface area contributed by atoms with Crippen molar-refractivity contribution in [3.8, 4) is 11.3 Å². The van der Waals surface area contributed by atoms with E-state index in [1.54, 1.807) is 24.3 Å². The van der Waals surface area contributed by atoms with Crippen LogP contribution in [0.15, 0.2) is 78.0 Å². The zero-order chi connectivity index (χ0) is 19.0. The highest BCUT2D eigenvalue weighted by atomic mass is 32.2. The van der Waals surface area contributed by atoms with Gasteiger partial charge in [0, 0.05) is 18.0 Å². The van der Waals surface area contributed by atoms with E-state index in [-0.39, 0.29) is 4.90 Å². The molecule has 6 heteroatoms. The fourth-order valence-electron chi connectivity index (χ4n) is 2.94. The van der Waals surface area contributed by atoms with Crippen LogP contribution < -0.4 is 4.72 Å². The van der Waals surface area contributed by atoms with Crippen molar-refractivity contribution in [2.75, 3.05) is 4.72 Å². The van der Waals surface area contributed by atoms with E-state index in [0.717, 1.165) is 22.3 Å². The molecule has 0 saturated heterocycles. The second-order valence-electron chi connectivity index (χ2n) is 6.49. The van der Waals surface area contributed by atoms with E-state index in [9.17, 15) is 8.42 Å². The van der Waals surface area contributed by atoms with Crippen LogP contribution >= 0.6 is 0 Å². The second kappa shape index (κ2) is 6.55. The number of imidazole rings is 1. The summed E-state index contributed by atoms with van der Waals surface area (Å²) >= 11 is 0. The molecule has 0 radical (unpaired) electrons. The number of nitrogens with zero attached hydrogens (tertiary/aromatic N) is 2. The number of aryl methyl sites for hydroxylation is 2. The van der Waals surface area contributed by atoms with Crippen LogP contribution in [-0.4, -0.2) is 17.8 Å². The SMILES string of the molecule is Cc1ccc(S(=O)(=O)Nc2ccccc2-c2cn3ccccc3n2)cc1C. The fourth-order valence-corrected chi connectivity index (χ4v) is 4.11. The average molecular weight is 377 g/mol. The molecule has 2 aromatic heterocycles. The molecular formula is C21H19N3O2S. The molecule has 0 aliphatic heterocycles. The molecule has 1 N–H and O–H groups in total. The highest BCUT2D eigenvalue weighted by molar-refractivity contribution is 7.92. The molecule has 2 aromatic carbocycles. The van der Waals surface area contributed by atoms with E-state index >= 15 is 0 Å². The Morgan fingerprint density at radius 1 is 0.926 bits per heavy atom. The van der Waals surface area contributed by atoms with Gasteiger partial charge in [-0.1, -0.05) is 30.3 Å². The number of benzene rings is 2. The number of rotatable bonds is 4. The Hall–Kier alpha value is -3.12. The molecule has 0 fully saturated rings. The first-order chi connectivity index (χ1) is 12.9. The molecule has 0 saturated carbocycles. The van der Waals surface area contributed by atoms with E-state index in [1.807, 2.05) is 67.0 Å². The first-order valence-electron chi connectivity index (χ1n) is 8.57. The van der Waals surface area contributed by atoms with Gasteiger partial charge in [0.25, 0.3) is 10.0 Å².